The summed E-state index contributed by atoms with van der Waals surface area (Å²) in [7, 11) is 0. The summed E-state index contributed by atoms with van der Waals surface area (Å²) in [6, 6.07) is 11.8. The van der Waals surface area contributed by atoms with E-state index < -0.39 is 12.0 Å². The third kappa shape index (κ3) is 5.45. The smallest absolute Gasteiger partial charge is 0.248 e. The van der Waals surface area contributed by atoms with Crippen LogP contribution in [0.4, 0.5) is 0 Å². The van der Waals surface area contributed by atoms with Crippen molar-refractivity contribution in [3.05, 3.63) is 53.6 Å². The first-order valence-corrected chi connectivity index (χ1v) is 9.25. The minimum atomic E-state index is -0.746. The van der Waals surface area contributed by atoms with Crippen molar-refractivity contribution in [3.63, 3.8) is 0 Å². The number of primary amides is 1. The van der Waals surface area contributed by atoms with E-state index in [1.807, 2.05) is 0 Å². The van der Waals surface area contributed by atoms with Crippen molar-refractivity contribution in [2.75, 3.05) is 26.4 Å². The molecule has 7 heteroatoms. The van der Waals surface area contributed by atoms with Crippen molar-refractivity contribution in [2.24, 2.45) is 5.73 Å². The van der Waals surface area contributed by atoms with Crippen molar-refractivity contribution >= 4 is 5.91 Å². The van der Waals surface area contributed by atoms with E-state index in [9.17, 15) is 9.90 Å². The molecule has 1 heterocycles. The number of carbonyl (C=O) groups excluding carboxylic acids is 1. The SMILES string of the molecule is CC(O)c1ccc(C(N)=O)cc1Oc1ccc(OCCOC2CCOC2)cc1. The summed E-state index contributed by atoms with van der Waals surface area (Å²) >= 11 is 0. The van der Waals surface area contributed by atoms with Gasteiger partial charge in [0.15, 0.2) is 0 Å². The Morgan fingerprint density at radius 3 is 2.61 bits per heavy atom. The zero-order chi connectivity index (χ0) is 19.9. The van der Waals surface area contributed by atoms with Gasteiger partial charge in [0, 0.05) is 17.7 Å². The van der Waals surface area contributed by atoms with Gasteiger partial charge < -0.3 is 29.8 Å². The van der Waals surface area contributed by atoms with Gasteiger partial charge >= 0.3 is 0 Å². The van der Waals surface area contributed by atoms with Crippen LogP contribution in [-0.4, -0.2) is 43.5 Å². The van der Waals surface area contributed by atoms with Crippen molar-refractivity contribution in [1.29, 1.82) is 0 Å². The lowest BCUT2D eigenvalue weighted by Gasteiger charge is -2.15. The van der Waals surface area contributed by atoms with Gasteiger partial charge in [-0.25, -0.2) is 0 Å². The van der Waals surface area contributed by atoms with Crippen LogP contribution < -0.4 is 15.2 Å². The number of aliphatic hydroxyl groups excluding tert-OH is 1. The van der Waals surface area contributed by atoms with Crippen LogP contribution in [0.5, 0.6) is 17.2 Å². The third-order valence-corrected chi connectivity index (χ3v) is 4.39. The Hall–Kier alpha value is -2.61. The first-order chi connectivity index (χ1) is 13.5. The fourth-order valence-electron chi connectivity index (χ4n) is 2.87. The Labute approximate surface area is 164 Å². The van der Waals surface area contributed by atoms with E-state index in [1.165, 1.54) is 6.07 Å². The highest BCUT2D eigenvalue weighted by atomic mass is 16.6. The fourth-order valence-corrected chi connectivity index (χ4v) is 2.87. The molecule has 150 valence electrons. The molecule has 1 aliphatic heterocycles. The molecule has 2 aromatic carbocycles. The van der Waals surface area contributed by atoms with Crippen molar-refractivity contribution in [1.82, 2.24) is 0 Å². The van der Waals surface area contributed by atoms with E-state index in [-0.39, 0.29) is 6.10 Å². The summed E-state index contributed by atoms with van der Waals surface area (Å²) in [5.41, 5.74) is 6.21. The van der Waals surface area contributed by atoms with Crippen molar-refractivity contribution in [2.45, 2.75) is 25.6 Å². The normalized spacial score (nSPS) is 17.3. The molecule has 3 rings (SSSR count). The third-order valence-electron chi connectivity index (χ3n) is 4.39. The summed E-state index contributed by atoms with van der Waals surface area (Å²) in [5, 5.41) is 9.92. The summed E-state index contributed by atoms with van der Waals surface area (Å²) in [5.74, 6) is 1.07. The van der Waals surface area contributed by atoms with Gasteiger partial charge in [0.05, 0.1) is 25.4 Å². The molecule has 0 radical (unpaired) electrons. The predicted molar refractivity (Wildman–Crippen MR) is 103 cm³/mol. The topological polar surface area (TPSA) is 100 Å². The molecule has 1 saturated heterocycles. The molecular formula is C21H25NO6. The van der Waals surface area contributed by atoms with Crippen LogP contribution in [0, 0.1) is 0 Å². The van der Waals surface area contributed by atoms with Gasteiger partial charge in [0.2, 0.25) is 5.91 Å². The number of hydrogen-bond donors (Lipinski definition) is 2. The largest absolute Gasteiger partial charge is 0.491 e. The molecule has 2 aromatic rings. The first kappa shape index (κ1) is 20.1. The van der Waals surface area contributed by atoms with Gasteiger partial charge in [0.25, 0.3) is 0 Å². The summed E-state index contributed by atoms with van der Waals surface area (Å²) < 4.78 is 22.4. The lowest BCUT2D eigenvalue weighted by atomic mass is 10.1. The maximum atomic E-state index is 11.4. The summed E-state index contributed by atoms with van der Waals surface area (Å²) in [6.45, 7) is 3.99. The van der Waals surface area contributed by atoms with Crippen LogP contribution in [0.3, 0.4) is 0 Å². The second-order valence-corrected chi connectivity index (χ2v) is 6.57. The molecule has 1 aliphatic rings. The van der Waals surface area contributed by atoms with Gasteiger partial charge in [0.1, 0.15) is 23.9 Å². The fraction of sp³-hybridized carbons (Fsp3) is 0.381. The molecule has 0 spiro atoms. The molecule has 7 nitrogen and oxygen atoms in total. The van der Waals surface area contributed by atoms with E-state index in [2.05, 4.69) is 0 Å². The molecule has 1 amide bonds. The van der Waals surface area contributed by atoms with E-state index >= 15 is 0 Å². The summed E-state index contributed by atoms with van der Waals surface area (Å²) in [4.78, 5) is 11.4. The molecule has 28 heavy (non-hydrogen) atoms. The highest BCUT2D eigenvalue weighted by Gasteiger charge is 2.16. The number of benzene rings is 2. The number of amides is 1. The number of nitrogens with two attached hydrogens (primary N) is 1. The first-order valence-electron chi connectivity index (χ1n) is 9.25. The van der Waals surface area contributed by atoms with E-state index in [1.54, 1.807) is 43.3 Å². The van der Waals surface area contributed by atoms with Crippen LogP contribution in [0.25, 0.3) is 0 Å². The van der Waals surface area contributed by atoms with E-state index in [0.717, 1.165) is 13.0 Å². The number of rotatable bonds is 9. The molecule has 0 saturated carbocycles. The maximum Gasteiger partial charge on any atom is 0.248 e. The zero-order valence-corrected chi connectivity index (χ0v) is 15.8. The van der Waals surface area contributed by atoms with Crippen LogP contribution >= 0.6 is 0 Å². The average Bonchev–Trinajstić information content (AvgIpc) is 3.19. The molecular weight excluding hydrogens is 362 g/mol. The van der Waals surface area contributed by atoms with E-state index in [0.29, 0.717) is 48.2 Å². The highest BCUT2D eigenvalue weighted by molar-refractivity contribution is 5.93. The van der Waals surface area contributed by atoms with Gasteiger partial charge in [-0.3, -0.25) is 4.79 Å². The van der Waals surface area contributed by atoms with Gasteiger partial charge in [-0.05, 0) is 49.7 Å². The molecule has 1 fully saturated rings. The minimum absolute atomic E-state index is 0.165. The zero-order valence-electron chi connectivity index (χ0n) is 15.8. The van der Waals surface area contributed by atoms with Gasteiger partial charge in [-0.2, -0.15) is 0 Å². The predicted octanol–water partition coefficient (Wildman–Crippen LogP) is 2.82. The lowest BCUT2D eigenvalue weighted by Crippen LogP contribution is -2.16. The number of carbonyl (C=O) groups is 1. The molecule has 0 bridgehead atoms. The molecule has 0 aromatic heterocycles. The average molecular weight is 387 g/mol. The van der Waals surface area contributed by atoms with E-state index in [4.69, 9.17) is 24.7 Å². The standard InChI is InChI=1S/C21H25NO6/c1-14(23)19-7-2-15(21(22)24)12-20(19)28-17-5-3-16(4-6-17)26-10-11-27-18-8-9-25-13-18/h2-7,12,14,18,23H,8-11,13H2,1H3,(H2,22,24). The Kier molecular flexibility index (Phi) is 6.86. The second-order valence-electron chi connectivity index (χ2n) is 6.57. The Balaban J connectivity index is 1.57. The maximum absolute atomic E-state index is 11.4. The quantitative estimate of drug-likeness (QED) is 0.642. The van der Waals surface area contributed by atoms with Crippen LogP contribution in [-0.2, 0) is 9.47 Å². The van der Waals surface area contributed by atoms with Gasteiger partial charge in [-0.1, -0.05) is 6.07 Å². The monoisotopic (exact) mass is 387 g/mol. The van der Waals surface area contributed by atoms with Crippen LogP contribution in [0.1, 0.15) is 35.4 Å². The molecule has 2 atom stereocenters. The molecule has 2 unspecified atom stereocenters. The Morgan fingerprint density at radius 2 is 1.96 bits per heavy atom. The Morgan fingerprint density at radius 1 is 1.21 bits per heavy atom. The number of ether oxygens (including phenoxy) is 4. The number of hydrogen-bond acceptors (Lipinski definition) is 6. The molecule has 3 N–H and O–H groups in total. The second kappa shape index (κ2) is 9.54. The summed E-state index contributed by atoms with van der Waals surface area (Å²) in [6.07, 6.45) is 0.348. The highest BCUT2D eigenvalue weighted by Crippen LogP contribution is 2.31. The van der Waals surface area contributed by atoms with Gasteiger partial charge in [-0.15, -0.1) is 0 Å². The lowest BCUT2D eigenvalue weighted by molar-refractivity contribution is 0.0265. The minimum Gasteiger partial charge on any atom is -0.491 e. The number of aliphatic hydroxyl groups is 1. The van der Waals surface area contributed by atoms with Crippen molar-refractivity contribution in [3.8, 4) is 17.2 Å². The van der Waals surface area contributed by atoms with Crippen molar-refractivity contribution < 1.29 is 28.8 Å². The van der Waals surface area contributed by atoms with Crippen LogP contribution in [0.2, 0.25) is 0 Å². The Bertz CT molecular complexity index is 784. The van der Waals surface area contributed by atoms with Crippen LogP contribution in [0.15, 0.2) is 42.5 Å². The molecule has 0 aliphatic carbocycles.